The molecule has 1 N–H and O–H groups in total. The summed E-state index contributed by atoms with van der Waals surface area (Å²) in [6.07, 6.45) is 7.55. The summed E-state index contributed by atoms with van der Waals surface area (Å²) >= 11 is 0. The number of hydrogen-bond donors (Lipinski definition) is 1. The Bertz CT molecular complexity index is 218. The molecule has 0 heterocycles. The highest BCUT2D eigenvalue weighted by Crippen LogP contribution is 2.29. The SMILES string of the molecule is CCCC[C@@H]1CCC[C@H]1NC(=O)N(C)CC. The first kappa shape index (κ1) is 13.3. The molecule has 0 unspecified atom stereocenters. The highest BCUT2D eigenvalue weighted by molar-refractivity contribution is 5.74. The Hall–Kier alpha value is -0.730. The van der Waals surface area contributed by atoms with Crippen molar-refractivity contribution in [2.45, 2.75) is 58.4 Å². The third-order valence-corrected chi connectivity index (χ3v) is 3.72. The topological polar surface area (TPSA) is 32.3 Å². The van der Waals surface area contributed by atoms with E-state index >= 15 is 0 Å². The van der Waals surface area contributed by atoms with Crippen molar-refractivity contribution >= 4 is 6.03 Å². The van der Waals surface area contributed by atoms with Crippen molar-refractivity contribution in [1.82, 2.24) is 10.2 Å². The summed E-state index contributed by atoms with van der Waals surface area (Å²) in [6, 6.07) is 0.518. The summed E-state index contributed by atoms with van der Waals surface area (Å²) in [4.78, 5) is 13.5. The van der Waals surface area contributed by atoms with Crippen molar-refractivity contribution in [2.75, 3.05) is 13.6 Å². The first-order chi connectivity index (χ1) is 7.69. The molecule has 0 aromatic heterocycles. The third-order valence-electron chi connectivity index (χ3n) is 3.72. The van der Waals surface area contributed by atoms with Crippen LogP contribution in [0, 0.1) is 5.92 Å². The first-order valence-corrected chi connectivity index (χ1v) is 6.70. The van der Waals surface area contributed by atoms with Crippen LogP contribution in [-0.2, 0) is 0 Å². The van der Waals surface area contributed by atoms with Gasteiger partial charge in [0.15, 0.2) is 0 Å². The lowest BCUT2D eigenvalue weighted by atomic mass is 9.97. The van der Waals surface area contributed by atoms with E-state index < -0.39 is 0 Å². The monoisotopic (exact) mass is 226 g/mol. The summed E-state index contributed by atoms with van der Waals surface area (Å²) < 4.78 is 0. The summed E-state index contributed by atoms with van der Waals surface area (Å²) in [6.45, 7) is 5.01. The van der Waals surface area contributed by atoms with Crippen LogP contribution >= 0.6 is 0 Å². The van der Waals surface area contributed by atoms with Gasteiger partial charge in [-0.1, -0.05) is 26.2 Å². The molecule has 1 saturated carbocycles. The molecule has 0 spiro atoms. The van der Waals surface area contributed by atoms with Gasteiger partial charge >= 0.3 is 6.03 Å². The van der Waals surface area contributed by atoms with E-state index in [0.29, 0.717) is 12.0 Å². The lowest BCUT2D eigenvalue weighted by Gasteiger charge is -2.24. The van der Waals surface area contributed by atoms with E-state index in [0.717, 1.165) is 13.0 Å². The molecule has 1 aliphatic carbocycles. The fourth-order valence-corrected chi connectivity index (χ4v) is 2.45. The molecule has 0 bridgehead atoms. The largest absolute Gasteiger partial charge is 0.335 e. The van der Waals surface area contributed by atoms with Crippen LogP contribution < -0.4 is 5.32 Å². The van der Waals surface area contributed by atoms with Crippen LogP contribution in [0.15, 0.2) is 0 Å². The molecular formula is C13H26N2O. The van der Waals surface area contributed by atoms with E-state index in [-0.39, 0.29) is 6.03 Å². The van der Waals surface area contributed by atoms with E-state index in [2.05, 4.69) is 12.2 Å². The van der Waals surface area contributed by atoms with Crippen LogP contribution in [0.5, 0.6) is 0 Å². The maximum absolute atomic E-state index is 11.8. The van der Waals surface area contributed by atoms with Crippen molar-refractivity contribution in [3.8, 4) is 0 Å². The number of hydrogen-bond acceptors (Lipinski definition) is 1. The van der Waals surface area contributed by atoms with Gasteiger partial charge in [-0.15, -0.1) is 0 Å². The summed E-state index contributed by atoms with van der Waals surface area (Å²) in [7, 11) is 1.85. The predicted molar refractivity (Wildman–Crippen MR) is 67.5 cm³/mol. The number of rotatable bonds is 5. The first-order valence-electron chi connectivity index (χ1n) is 6.70. The molecule has 2 amide bonds. The number of amides is 2. The fourth-order valence-electron chi connectivity index (χ4n) is 2.45. The molecule has 3 nitrogen and oxygen atoms in total. The second-order valence-corrected chi connectivity index (χ2v) is 4.90. The van der Waals surface area contributed by atoms with Gasteiger partial charge in [0.05, 0.1) is 0 Å². The van der Waals surface area contributed by atoms with E-state index in [4.69, 9.17) is 0 Å². The molecule has 16 heavy (non-hydrogen) atoms. The molecule has 1 aliphatic rings. The molecule has 3 heteroatoms. The maximum Gasteiger partial charge on any atom is 0.317 e. The van der Waals surface area contributed by atoms with Crippen molar-refractivity contribution in [3.05, 3.63) is 0 Å². The molecule has 0 aliphatic heterocycles. The van der Waals surface area contributed by atoms with Crippen LogP contribution in [0.3, 0.4) is 0 Å². The molecular weight excluding hydrogens is 200 g/mol. The van der Waals surface area contributed by atoms with Gasteiger partial charge in [-0.2, -0.15) is 0 Å². The van der Waals surface area contributed by atoms with Crippen LogP contribution in [0.4, 0.5) is 4.79 Å². The third kappa shape index (κ3) is 3.69. The number of carbonyl (C=O) groups excluding carboxylic acids is 1. The summed E-state index contributed by atoms with van der Waals surface area (Å²) in [5, 5.41) is 3.18. The zero-order chi connectivity index (χ0) is 12.0. The highest BCUT2D eigenvalue weighted by Gasteiger charge is 2.28. The quantitative estimate of drug-likeness (QED) is 0.768. The van der Waals surface area contributed by atoms with Crippen LogP contribution in [0.25, 0.3) is 0 Å². The van der Waals surface area contributed by atoms with Gasteiger partial charge in [-0.25, -0.2) is 4.79 Å². The van der Waals surface area contributed by atoms with E-state index in [1.54, 1.807) is 4.90 Å². The minimum Gasteiger partial charge on any atom is -0.335 e. The van der Waals surface area contributed by atoms with Gasteiger partial charge in [0, 0.05) is 19.6 Å². The number of nitrogens with one attached hydrogen (secondary N) is 1. The smallest absolute Gasteiger partial charge is 0.317 e. The Balaban J connectivity index is 2.37. The predicted octanol–water partition coefficient (Wildman–Crippen LogP) is 3.01. The average molecular weight is 226 g/mol. The Morgan fingerprint density at radius 2 is 2.12 bits per heavy atom. The maximum atomic E-state index is 11.8. The van der Waals surface area contributed by atoms with Gasteiger partial charge in [0.2, 0.25) is 0 Å². The van der Waals surface area contributed by atoms with Gasteiger partial charge < -0.3 is 10.2 Å². The highest BCUT2D eigenvalue weighted by atomic mass is 16.2. The summed E-state index contributed by atoms with van der Waals surface area (Å²) in [5.41, 5.74) is 0. The number of carbonyl (C=O) groups is 1. The van der Waals surface area contributed by atoms with Crippen LogP contribution in [0.2, 0.25) is 0 Å². The standard InChI is InChI=1S/C13H26N2O/c1-4-6-8-11-9-7-10-12(11)14-13(16)15(3)5-2/h11-12H,4-10H2,1-3H3,(H,14,16)/t11-,12-/m1/s1. The molecule has 0 radical (unpaired) electrons. The fraction of sp³-hybridized carbons (Fsp3) is 0.923. The number of urea groups is 1. The Morgan fingerprint density at radius 3 is 2.75 bits per heavy atom. The molecule has 0 aromatic carbocycles. The molecule has 0 aromatic rings. The average Bonchev–Trinajstić information content (AvgIpc) is 2.72. The zero-order valence-electron chi connectivity index (χ0n) is 11.0. The van der Waals surface area contributed by atoms with Crippen molar-refractivity contribution < 1.29 is 4.79 Å². The van der Waals surface area contributed by atoms with Crippen LogP contribution in [-0.4, -0.2) is 30.6 Å². The van der Waals surface area contributed by atoms with Gasteiger partial charge in [-0.3, -0.25) is 0 Å². The van der Waals surface area contributed by atoms with Crippen molar-refractivity contribution in [2.24, 2.45) is 5.92 Å². The van der Waals surface area contributed by atoms with Gasteiger partial charge in [0.25, 0.3) is 0 Å². The van der Waals surface area contributed by atoms with E-state index in [1.165, 1.54) is 32.1 Å². The number of nitrogens with zero attached hydrogens (tertiary/aromatic N) is 1. The van der Waals surface area contributed by atoms with Gasteiger partial charge in [0.1, 0.15) is 0 Å². The Morgan fingerprint density at radius 1 is 1.38 bits per heavy atom. The second kappa shape index (κ2) is 6.77. The van der Waals surface area contributed by atoms with E-state index in [1.807, 2.05) is 14.0 Å². The Labute approximate surface area is 99.6 Å². The van der Waals surface area contributed by atoms with Crippen molar-refractivity contribution in [3.63, 3.8) is 0 Å². The lowest BCUT2D eigenvalue weighted by molar-refractivity contribution is 0.202. The Kier molecular flexibility index (Phi) is 5.64. The molecule has 2 atom stereocenters. The van der Waals surface area contributed by atoms with Crippen molar-refractivity contribution in [1.29, 1.82) is 0 Å². The van der Waals surface area contributed by atoms with Crippen LogP contribution in [0.1, 0.15) is 52.4 Å². The number of unbranched alkanes of at least 4 members (excludes halogenated alkanes) is 1. The zero-order valence-corrected chi connectivity index (χ0v) is 11.0. The minimum atomic E-state index is 0.0934. The minimum absolute atomic E-state index is 0.0934. The molecule has 1 rings (SSSR count). The molecule has 94 valence electrons. The normalized spacial score (nSPS) is 24.4. The second-order valence-electron chi connectivity index (χ2n) is 4.90. The molecule has 0 saturated heterocycles. The lowest BCUT2D eigenvalue weighted by Crippen LogP contribution is -2.44. The van der Waals surface area contributed by atoms with Gasteiger partial charge in [-0.05, 0) is 32.1 Å². The summed E-state index contributed by atoms with van der Waals surface area (Å²) in [5.74, 6) is 0.717. The molecule has 1 fully saturated rings. The van der Waals surface area contributed by atoms with E-state index in [9.17, 15) is 4.79 Å².